The number of hydrogen-bond donors (Lipinski definition) is 1. The minimum absolute atomic E-state index is 0.101. The van der Waals surface area contributed by atoms with Crippen LogP contribution in [0.5, 0.6) is 0 Å². The zero-order chi connectivity index (χ0) is 36.0. The number of ether oxygens (including phenoxy) is 2. The zero-order valence-corrected chi connectivity index (χ0v) is 29.4. The molecule has 6 rings (SSSR count). The third kappa shape index (κ3) is 6.97. The van der Waals surface area contributed by atoms with Crippen molar-refractivity contribution in [3.8, 4) is 0 Å². The second-order valence-corrected chi connectivity index (χ2v) is 15.9. The van der Waals surface area contributed by atoms with Crippen molar-refractivity contribution in [2.45, 2.75) is 25.5 Å². The number of likely N-dealkylation sites (tertiary alicyclic amines) is 1. The van der Waals surface area contributed by atoms with Crippen molar-refractivity contribution in [2.24, 2.45) is 5.92 Å². The maximum atomic E-state index is 14.6. The highest BCUT2D eigenvalue weighted by Crippen LogP contribution is 2.50. The number of β-lactam (4-membered cyclic amide) rings is 1. The van der Waals surface area contributed by atoms with Crippen LogP contribution in [-0.4, -0.2) is 88.9 Å². The summed E-state index contributed by atoms with van der Waals surface area (Å²) >= 11 is 0. The molecule has 0 spiro atoms. The molecule has 262 valence electrons. The van der Waals surface area contributed by atoms with Crippen LogP contribution in [0.4, 0.5) is 0 Å². The topological polar surface area (TPSA) is 113 Å². The molecule has 3 atom stereocenters. The first-order valence-corrected chi connectivity index (χ1v) is 18.8. The molecule has 2 aliphatic rings. The van der Waals surface area contributed by atoms with Crippen molar-refractivity contribution in [2.75, 3.05) is 32.9 Å². The molecule has 2 heterocycles. The molecule has 0 saturated carbocycles. The maximum absolute atomic E-state index is 14.6. The SMILES string of the molecule is C=CCOC(=O)C(N1C(=O)C(C(C)O)C1CC(=O)c1cccc(C(=O)N2CCOCC2)c1)=P(c1ccccc1)(c1ccccc1)c1ccccc1. The smallest absolute Gasteiger partial charge is 0.356 e. The molecule has 0 radical (unpaired) electrons. The van der Waals surface area contributed by atoms with E-state index >= 15 is 0 Å². The van der Waals surface area contributed by atoms with E-state index in [1.165, 1.54) is 17.9 Å². The first-order valence-electron chi connectivity index (χ1n) is 17.0. The number of ketones is 1. The minimum atomic E-state index is -3.21. The summed E-state index contributed by atoms with van der Waals surface area (Å²) < 4.78 is 11.2. The fourth-order valence-electron chi connectivity index (χ4n) is 7.02. The van der Waals surface area contributed by atoms with Crippen molar-refractivity contribution in [1.29, 1.82) is 0 Å². The first kappa shape index (κ1) is 35.7. The van der Waals surface area contributed by atoms with E-state index in [1.54, 1.807) is 29.2 Å². The number of benzene rings is 4. The van der Waals surface area contributed by atoms with E-state index in [0.29, 0.717) is 37.4 Å². The molecule has 3 unspecified atom stereocenters. The Hall–Kier alpha value is -5.08. The summed E-state index contributed by atoms with van der Waals surface area (Å²) in [4.78, 5) is 59.5. The summed E-state index contributed by atoms with van der Waals surface area (Å²) in [5, 5.41) is 13.4. The highest BCUT2D eigenvalue weighted by molar-refractivity contribution is 7.96. The van der Waals surface area contributed by atoms with Gasteiger partial charge in [0.2, 0.25) is 5.91 Å². The fourth-order valence-corrected chi connectivity index (χ4v) is 11.4. The lowest BCUT2D eigenvalue weighted by molar-refractivity contribution is -0.157. The Morgan fingerprint density at radius 1 is 0.863 bits per heavy atom. The van der Waals surface area contributed by atoms with E-state index in [9.17, 15) is 24.3 Å². The number of carbonyl (C=O) groups is 4. The summed E-state index contributed by atoms with van der Waals surface area (Å²) in [5.41, 5.74) is 0.784. The molecule has 0 bridgehead atoms. The molecule has 2 aliphatic heterocycles. The Balaban J connectivity index is 1.54. The number of amides is 2. The Kier molecular flexibility index (Phi) is 11.1. The van der Waals surface area contributed by atoms with Crippen LogP contribution in [0.15, 0.2) is 128 Å². The van der Waals surface area contributed by atoms with Gasteiger partial charge in [0.1, 0.15) is 12.0 Å². The van der Waals surface area contributed by atoms with Crippen molar-refractivity contribution in [3.05, 3.63) is 139 Å². The van der Waals surface area contributed by atoms with Gasteiger partial charge in [-0.3, -0.25) is 14.4 Å². The summed E-state index contributed by atoms with van der Waals surface area (Å²) in [6.07, 6.45) is 0.156. The fraction of sp³-hybridized carbons (Fsp3) is 0.244. The van der Waals surface area contributed by atoms with E-state index in [4.69, 9.17) is 9.47 Å². The van der Waals surface area contributed by atoms with Gasteiger partial charge in [0.15, 0.2) is 5.78 Å². The molecule has 2 amide bonds. The number of carbonyl (C=O) groups excluding carboxylic acids is 4. The normalized spacial score (nSPS) is 18.0. The van der Waals surface area contributed by atoms with Crippen LogP contribution in [0.2, 0.25) is 0 Å². The molecular weight excluding hydrogens is 663 g/mol. The molecule has 4 aromatic carbocycles. The zero-order valence-electron chi connectivity index (χ0n) is 28.5. The number of rotatable bonds is 12. The molecule has 4 aromatic rings. The largest absolute Gasteiger partial charge is 0.457 e. The van der Waals surface area contributed by atoms with Crippen LogP contribution in [0, 0.1) is 5.92 Å². The minimum Gasteiger partial charge on any atom is -0.457 e. The van der Waals surface area contributed by atoms with Crippen LogP contribution in [0.1, 0.15) is 34.1 Å². The lowest BCUT2D eigenvalue weighted by Crippen LogP contribution is -2.68. The standard InChI is InChI=1S/C41H41N2O7P/c1-3-24-50-41(48)40(51(32-16-7-4-8-17-32,33-18-9-5-10-19-33)34-20-11-6-12-21-34)43-35(37(29(2)44)39(43)47)28-36(45)30-14-13-15-31(27-30)38(46)42-22-25-49-26-23-42/h3-21,27,29,35,37,44H,1,22-26,28H2,2H3. The van der Waals surface area contributed by atoms with Crippen molar-refractivity contribution in [1.82, 2.24) is 9.80 Å². The number of hydrogen-bond acceptors (Lipinski definition) is 7. The number of aliphatic hydroxyl groups is 1. The molecule has 1 N–H and O–H groups in total. The molecular formula is C41H41N2O7P. The Morgan fingerprint density at radius 3 is 1.90 bits per heavy atom. The summed E-state index contributed by atoms with van der Waals surface area (Å²) in [6.45, 7) is 3.75. The molecule has 0 aliphatic carbocycles. The predicted octanol–water partition coefficient (Wildman–Crippen LogP) is 3.79. The van der Waals surface area contributed by atoms with Crippen LogP contribution in [0.3, 0.4) is 0 Å². The van der Waals surface area contributed by atoms with Gasteiger partial charge in [0.25, 0.3) is 5.91 Å². The lowest BCUT2D eigenvalue weighted by atomic mass is 9.79. The molecule has 10 heteroatoms. The Bertz CT molecular complexity index is 1850. The van der Waals surface area contributed by atoms with E-state index < -0.39 is 36.8 Å². The molecule has 0 aromatic heterocycles. The molecule has 51 heavy (non-hydrogen) atoms. The third-order valence-electron chi connectivity index (χ3n) is 9.40. The van der Waals surface area contributed by atoms with Crippen LogP contribution in [-0.2, 0) is 19.1 Å². The van der Waals surface area contributed by atoms with Gasteiger partial charge in [0, 0.05) is 37.5 Å². The van der Waals surface area contributed by atoms with Gasteiger partial charge < -0.3 is 24.4 Å². The van der Waals surface area contributed by atoms with Gasteiger partial charge in [0.05, 0.1) is 31.3 Å². The van der Waals surface area contributed by atoms with Crippen molar-refractivity contribution < 1.29 is 33.8 Å². The predicted molar refractivity (Wildman–Crippen MR) is 199 cm³/mol. The number of nitrogens with zero attached hydrogens (tertiary/aromatic N) is 2. The second kappa shape index (κ2) is 15.9. The Morgan fingerprint density at radius 2 is 1.39 bits per heavy atom. The van der Waals surface area contributed by atoms with Gasteiger partial charge in [-0.25, -0.2) is 4.79 Å². The van der Waals surface area contributed by atoms with Gasteiger partial charge in [-0.1, -0.05) is 116 Å². The number of esters is 1. The summed E-state index contributed by atoms with van der Waals surface area (Å²) in [7, 11) is 0. The molecule has 2 saturated heterocycles. The van der Waals surface area contributed by atoms with Gasteiger partial charge in [-0.15, -0.1) is 0 Å². The Labute approximate surface area is 298 Å². The third-order valence-corrected chi connectivity index (χ3v) is 13.7. The van der Waals surface area contributed by atoms with Gasteiger partial charge in [-0.05, 0) is 35.0 Å². The van der Waals surface area contributed by atoms with Crippen LogP contribution >= 0.6 is 6.89 Å². The number of aliphatic hydroxyl groups excluding tert-OH is 1. The van der Waals surface area contributed by atoms with Crippen molar-refractivity contribution in [3.63, 3.8) is 0 Å². The highest BCUT2D eigenvalue weighted by atomic mass is 31.2. The van der Waals surface area contributed by atoms with Gasteiger partial charge in [-0.2, -0.15) is 0 Å². The highest BCUT2D eigenvalue weighted by Gasteiger charge is 2.55. The van der Waals surface area contributed by atoms with E-state index in [2.05, 4.69) is 6.58 Å². The maximum Gasteiger partial charge on any atom is 0.356 e. The number of Topliss-reactive ketones (excluding diaryl/α,β-unsaturated/α-hetero) is 1. The van der Waals surface area contributed by atoms with Crippen LogP contribution < -0.4 is 15.9 Å². The average Bonchev–Trinajstić information content (AvgIpc) is 3.17. The quantitative estimate of drug-likeness (QED) is 0.0786. The van der Waals surface area contributed by atoms with E-state index in [-0.39, 0.29) is 30.1 Å². The van der Waals surface area contributed by atoms with Crippen molar-refractivity contribution >= 4 is 51.8 Å². The summed E-state index contributed by atoms with van der Waals surface area (Å²) in [5.74, 6) is -2.68. The number of morpholine rings is 1. The van der Waals surface area contributed by atoms with E-state index in [0.717, 1.165) is 15.9 Å². The lowest BCUT2D eigenvalue weighted by Gasteiger charge is -2.50. The first-order chi connectivity index (χ1) is 24.8. The monoisotopic (exact) mass is 704 g/mol. The average molecular weight is 705 g/mol. The van der Waals surface area contributed by atoms with E-state index in [1.807, 2.05) is 91.0 Å². The van der Waals surface area contributed by atoms with Crippen LogP contribution in [0.25, 0.3) is 0 Å². The van der Waals surface area contributed by atoms with Gasteiger partial charge >= 0.3 is 5.97 Å². The summed E-state index contributed by atoms with van der Waals surface area (Å²) in [6, 6.07) is 34.4. The second-order valence-electron chi connectivity index (χ2n) is 12.5. The molecule has 2 fully saturated rings. The molecule has 9 nitrogen and oxygen atoms in total.